The number of ether oxygens (including phenoxy) is 2. The smallest absolute Gasteiger partial charge is 0.478 e. The minimum atomic E-state index is -4.79. The predicted octanol–water partition coefficient (Wildman–Crippen LogP) is 2.38. The second kappa shape index (κ2) is 12.0. The number of hydrogen-bond donors (Lipinski definition) is 4. The van der Waals surface area contributed by atoms with Gasteiger partial charge in [0.2, 0.25) is 5.91 Å². The van der Waals surface area contributed by atoms with Crippen LogP contribution < -0.4 is 10.6 Å². The van der Waals surface area contributed by atoms with Crippen molar-refractivity contribution in [3.63, 3.8) is 0 Å². The average molecular weight is 568 g/mol. The molecule has 0 saturated carbocycles. The Morgan fingerprint density at radius 1 is 1.21 bits per heavy atom. The van der Waals surface area contributed by atoms with Crippen molar-refractivity contribution >= 4 is 56.8 Å². The Bertz CT molecular complexity index is 1370. The first-order valence-corrected chi connectivity index (χ1v) is 12.7. The van der Waals surface area contributed by atoms with Crippen LogP contribution >= 0.6 is 12.2 Å². The topological polar surface area (TPSA) is 211 Å². The number of non-ortho nitro benzene ring substituents is 1. The standard InChI is InChI=1S/C22H21N3O11S2/c26-19(24-15-7-14(20(27)28)8-17(9-15)38(32,33)34)18(13-5-6-23-10-13)21(37)36-22(29)35-11-12-1-3-16(4-2-12)25(30)31/h1-4,7-9,13,18,23H,5-6,10-11H2,(H,24,26)(H,27,28)(H,32,33,34)/t13-,18+/m1/s1. The van der Waals surface area contributed by atoms with Crippen molar-refractivity contribution in [2.24, 2.45) is 11.8 Å². The Morgan fingerprint density at radius 3 is 2.45 bits per heavy atom. The minimum absolute atomic E-state index is 0.144. The van der Waals surface area contributed by atoms with E-state index in [9.17, 15) is 42.6 Å². The van der Waals surface area contributed by atoms with Crippen molar-refractivity contribution in [3.8, 4) is 0 Å². The fourth-order valence-corrected chi connectivity index (χ4v) is 4.59. The number of anilines is 1. The fourth-order valence-electron chi connectivity index (χ4n) is 3.67. The van der Waals surface area contributed by atoms with E-state index in [1.807, 2.05) is 0 Å². The summed E-state index contributed by atoms with van der Waals surface area (Å²) >= 11 is 5.19. The molecular weight excluding hydrogens is 546 g/mol. The number of aromatic carboxylic acids is 1. The lowest BCUT2D eigenvalue weighted by Crippen LogP contribution is -2.38. The third-order valence-corrected chi connectivity index (χ3v) is 6.68. The average Bonchev–Trinajstić information content (AvgIpc) is 3.36. The van der Waals surface area contributed by atoms with Gasteiger partial charge in [0.05, 0.1) is 15.4 Å². The molecule has 1 saturated heterocycles. The van der Waals surface area contributed by atoms with Gasteiger partial charge in [0, 0.05) is 17.8 Å². The van der Waals surface area contributed by atoms with Gasteiger partial charge in [-0.2, -0.15) is 8.42 Å². The van der Waals surface area contributed by atoms with Crippen molar-refractivity contribution < 1.29 is 46.9 Å². The molecule has 1 fully saturated rings. The van der Waals surface area contributed by atoms with Crippen LogP contribution in [0.2, 0.25) is 0 Å². The van der Waals surface area contributed by atoms with Gasteiger partial charge in [-0.15, -0.1) is 0 Å². The molecule has 1 aliphatic rings. The van der Waals surface area contributed by atoms with Crippen molar-refractivity contribution in [2.45, 2.75) is 17.9 Å². The van der Waals surface area contributed by atoms with E-state index < -0.39 is 60.4 Å². The number of carbonyl (C=O) groups is 3. The number of amides is 1. The molecule has 1 amide bonds. The number of rotatable bonds is 9. The second-order valence-corrected chi connectivity index (χ2v) is 9.95. The van der Waals surface area contributed by atoms with Crippen LogP contribution in [-0.2, 0) is 31.0 Å². The summed E-state index contributed by atoms with van der Waals surface area (Å²) in [5.74, 6) is -3.93. The van der Waals surface area contributed by atoms with Crippen LogP contribution in [0.1, 0.15) is 22.3 Å². The first-order valence-electron chi connectivity index (χ1n) is 10.8. The van der Waals surface area contributed by atoms with Crippen molar-refractivity contribution in [1.82, 2.24) is 5.32 Å². The van der Waals surface area contributed by atoms with Crippen LogP contribution in [0, 0.1) is 22.0 Å². The molecular formula is C22H21N3O11S2. The molecule has 16 heteroatoms. The van der Waals surface area contributed by atoms with Crippen molar-refractivity contribution in [2.75, 3.05) is 18.4 Å². The highest BCUT2D eigenvalue weighted by atomic mass is 32.2. The Labute approximate surface area is 220 Å². The highest BCUT2D eigenvalue weighted by molar-refractivity contribution is 7.85. The number of hydrogen-bond acceptors (Lipinski definition) is 11. The van der Waals surface area contributed by atoms with E-state index in [0.29, 0.717) is 25.1 Å². The van der Waals surface area contributed by atoms with Crippen molar-refractivity contribution in [3.05, 3.63) is 63.7 Å². The maximum atomic E-state index is 13.2. The lowest BCUT2D eigenvalue weighted by molar-refractivity contribution is -0.384. The molecule has 0 aromatic heterocycles. The maximum Gasteiger partial charge on any atom is 0.514 e. The van der Waals surface area contributed by atoms with Gasteiger partial charge >= 0.3 is 12.1 Å². The highest BCUT2D eigenvalue weighted by Gasteiger charge is 2.36. The molecule has 0 spiro atoms. The zero-order valence-corrected chi connectivity index (χ0v) is 21.0. The number of carbonyl (C=O) groups excluding carboxylic acids is 2. The number of nitrogens with zero attached hydrogens (tertiary/aromatic N) is 1. The molecule has 1 aliphatic heterocycles. The predicted molar refractivity (Wildman–Crippen MR) is 133 cm³/mol. The number of benzene rings is 2. The normalized spacial score (nSPS) is 15.8. The minimum Gasteiger partial charge on any atom is -0.478 e. The molecule has 0 radical (unpaired) electrons. The number of nitro benzene ring substituents is 1. The van der Waals surface area contributed by atoms with Gasteiger partial charge in [-0.1, -0.05) is 0 Å². The quantitative estimate of drug-likeness (QED) is 0.113. The molecule has 0 aliphatic carbocycles. The number of nitro groups is 1. The number of thiocarbonyl (C=S) groups is 1. The third kappa shape index (κ3) is 7.51. The van der Waals surface area contributed by atoms with Crippen LogP contribution in [0.5, 0.6) is 0 Å². The van der Waals surface area contributed by atoms with Crippen molar-refractivity contribution in [1.29, 1.82) is 0 Å². The number of carboxylic acid groups (broad SMARTS) is 1. The Hall–Kier alpha value is -3.99. The van der Waals surface area contributed by atoms with Crippen LogP contribution in [0.3, 0.4) is 0 Å². The highest BCUT2D eigenvalue weighted by Crippen LogP contribution is 2.26. The number of carboxylic acids is 1. The van der Waals surface area contributed by atoms with Crippen LogP contribution in [0.25, 0.3) is 0 Å². The SMILES string of the molecule is O=C(OCc1ccc([N+](=O)[O-])cc1)OC(=S)[C@H](C(=O)Nc1cc(C(=O)O)cc(S(=O)(=O)O)c1)[C@@H]1CCNC1. The van der Waals surface area contributed by atoms with Gasteiger partial charge in [-0.3, -0.25) is 19.5 Å². The van der Waals surface area contributed by atoms with Crippen LogP contribution in [-0.4, -0.2) is 59.2 Å². The second-order valence-electron chi connectivity index (χ2n) is 8.13. The molecule has 38 heavy (non-hydrogen) atoms. The summed E-state index contributed by atoms with van der Waals surface area (Å²) in [6.45, 7) is 0.593. The summed E-state index contributed by atoms with van der Waals surface area (Å²) in [7, 11) is -4.79. The van der Waals surface area contributed by atoms with Gasteiger partial charge in [0.15, 0.2) is 5.05 Å². The van der Waals surface area contributed by atoms with Crippen LogP contribution in [0.4, 0.5) is 16.2 Å². The monoisotopic (exact) mass is 567 g/mol. The molecule has 1 heterocycles. The molecule has 0 unspecified atom stereocenters. The summed E-state index contributed by atoms with van der Waals surface area (Å²) < 4.78 is 42.5. The van der Waals surface area contributed by atoms with Gasteiger partial charge < -0.3 is 25.2 Å². The summed E-state index contributed by atoms with van der Waals surface area (Å²) in [6.07, 6.45) is -0.746. The van der Waals surface area contributed by atoms with E-state index >= 15 is 0 Å². The zero-order valence-electron chi connectivity index (χ0n) is 19.4. The largest absolute Gasteiger partial charge is 0.514 e. The summed E-state index contributed by atoms with van der Waals surface area (Å²) in [6, 6.07) is 7.81. The Morgan fingerprint density at radius 2 is 1.89 bits per heavy atom. The molecule has 2 atom stereocenters. The molecule has 202 valence electrons. The summed E-state index contributed by atoms with van der Waals surface area (Å²) in [5.41, 5.74) is -0.472. The first kappa shape index (κ1) is 28.6. The molecule has 3 rings (SSSR count). The Balaban J connectivity index is 1.73. The molecule has 4 N–H and O–H groups in total. The van der Waals surface area contributed by atoms with Gasteiger partial charge in [-0.25, -0.2) is 9.59 Å². The molecule has 0 bridgehead atoms. The first-order chi connectivity index (χ1) is 17.8. The Kier molecular flexibility index (Phi) is 9.05. The van der Waals surface area contributed by atoms with E-state index in [1.54, 1.807) is 0 Å². The summed E-state index contributed by atoms with van der Waals surface area (Å²) in [4.78, 5) is 46.2. The van der Waals surface area contributed by atoms with Gasteiger partial charge in [-0.05, 0) is 73.5 Å². The lowest BCUT2D eigenvalue weighted by Gasteiger charge is -2.22. The zero-order chi connectivity index (χ0) is 28.0. The van der Waals surface area contributed by atoms with E-state index in [2.05, 4.69) is 10.6 Å². The van der Waals surface area contributed by atoms with Gasteiger partial charge in [0.25, 0.3) is 15.8 Å². The maximum absolute atomic E-state index is 13.2. The van der Waals surface area contributed by atoms with Crippen LogP contribution in [0.15, 0.2) is 47.4 Å². The summed E-state index contributed by atoms with van der Waals surface area (Å²) in [5, 5.41) is 25.0. The lowest BCUT2D eigenvalue weighted by atomic mass is 9.91. The third-order valence-electron chi connectivity index (χ3n) is 5.51. The van der Waals surface area contributed by atoms with E-state index in [1.165, 1.54) is 24.3 Å². The molecule has 2 aromatic carbocycles. The van der Waals surface area contributed by atoms with E-state index in [4.69, 9.17) is 21.7 Å². The van der Waals surface area contributed by atoms with Gasteiger partial charge in [0.1, 0.15) is 12.5 Å². The molecule has 14 nitrogen and oxygen atoms in total. The number of nitrogens with one attached hydrogen (secondary N) is 2. The van der Waals surface area contributed by atoms with E-state index in [0.717, 1.165) is 18.2 Å². The van der Waals surface area contributed by atoms with E-state index in [-0.39, 0.29) is 18.0 Å². The fraction of sp³-hybridized carbons (Fsp3) is 0.273. The molecule has 2 aromatic rings.